The molecule has 0 fully saturated rings. The number of benzene rings is 1. The molecule has 0 aromatic heterocycles. The number of allylic oxidation sites excluding steroid dienone is 4. The Hall–Kier alpha value is -1.89. The molecule has 1 N–H and O–H groups in total. The van der Waals surface area contributed by atoms with E-state index in [1.165, 1.54) is 0 Å². The van der Waals surface area contributed by atoms with Gasteiger partial charge in [0.25, 0.3) is 0 Å². The van der Waals surface area contributed by atoms with Crippen LogP contribution in [-0.2, 0) is 0 Å². The van der Waals surface area contributed by atoms with Gasteiger partial charge in [-0.05, 0) is 11.1 Å². The van der Waals surface area contributed by atoms with Crippen molar-refractivity contribution in [2.45, 2.75) is 0 Å². The average Bonchev–Trinajstić information content (AvgIpc) is 2.26. The van der Waals surface area contributed by atoms with Gasteiger partial charge in [-0.2, -0.15) is 0 Å². The predicted octanol–water partition coefficient (Wildman–Crippen LogP) is 3.35. The number of nitrogens with one attached hydrogen (secondary N) is 1. The van der Waals surface area contributed by atoms with Crippen LogP contribution in [0.25, 0.3) is 0 Å². The zero-order valence-electron chi connectivity index (χ0n) is 8.03. The van der Waals surface area contributed by atoms with Crippen LogP contribution < -0.4 is 0 Å². The summed E-state index contributed by atoms with van der Waals surface area (Å²) >= 11 is 0. The summed E-state index contributed by atoms with van der Waals surface area (Å²) in [4.78, 5) is 0. The summed E-state index contributed by atoms with van der Waals surface area (Å²) in [6, 6.07) is 9.57. The second-order valence-electron chi connectivity index (χ2n) is 2.80. The van der Waals surface area contributed by atoms with E-state index < -0.39 is 0 Å². The van der Waals surface area contributed by atoms with Crippen LogP contribution in [0.1, 0.15) is 5.56 Å². The van der Waals surface area contributed by atoms with E-state index in [4.69, 9.17) is 5.41 Å². The molecule has 0 heterocycles. The summed E-state index contributed by atoms with van der Waals surface area (Å²) in [6.45, 7) is 7.27. The van der Waals surface area contributed by atoms with Crippen LogP contribution in [-0.4, -0.2) is 5.71 Å². The maximum Gasteiger partial charge on any atom is 0.0684 e. The zero-order valence-corrected chi connectivity index (χ0v) is 8.03. The SMILES string of the molecule is C=C/C=C(\C=C)C(=N)c1ccccc1. The minimum atomic E-state index is 0.473. The maximum atomic E-state index is 7.90. The van der Waals surface area contributed by atoms with Crippen molar-refractivity contribution in [3.63, 3.8) is 0 Å². The van der Waals surface area contributed by atoms with Gasteiger partial charge in [-0.15, -0.1) is 0 Å². The third-order valence-corrected chi connectivity index (χ3v) is 1.87. The van der Waals surface area contributed by atoms with Gasteiger partial charge in [0.2, 0.25) is 0 Å². The topological polar surface area (TPSA) is 23.9 Å². The minimum Gasteiger partial charge on any atom is -0.300 e. The summed E-state index contributed by atoms with van der Waals surface area (Å²) in [5, 5.41) is 7.90. The van der Waals surface area contributed by atoms with E-state index in [-0.39, 0.29) is 0 Å². The Morgan fingerprint density at radius 2 is 1.79 bits per heavy atom. The summed E-state index contributed by atoms with van der Waals surface area (Å²) in [7, 11) is 0. The molecule has 0 radical (unpaired) electrons. The van der Waals surface area contributed by atoms with Gasteiger partial charge in [-0.25, -0.2) is 0 Å². The third kappa shape index (κ3) is 2.30. The molecule has 1 heteroatoms. The molecule has 70 valence electrons. The van der Waals surface area contributed by atoms with Gasteiger partial charge in [-0.3, -0.25) is 5.41 Å². The van der Waals surface area contributed by atoms with Crippen molar-refractivity contribution in [3.05, 3.63) is 72.9 Å². The second kappa shape index (κ2) is 4.97. The first kappa shape index (κ1) is 10.2. The molecule has 0 saturated heterocycles. The largest absolute Gasteiger partial charge is 0.300 e. The van der Waals surface area contributed by atoms with Crippen LogP contribution in [0.5, 0.6) is 0 Å². The fourth-order valence-corrected chi connectivity index (χ4v) is 1.15. The number of hydrogen-bond acceptors (Lipinski definition) is 1. The number of rotatable bonds is 4. The van der Waals surface area contributed by atoms with Gasteiger partial charge in [0.05, 0.1) is 5.71 Å². The van der Waals surface area contributed by atoms with Crippen molar-refractivity contribution in [1.29, 1.82) is 5.41 Å². The molecule has 0 bridgehead atoms. The van der Waals surface area contributed by atoms with Crippen molar-refractivity contribution in [2.24, 2.45) is 0 Å². The molecule has 1 nitrogen and oxygen atoms in total. The normalized spacial score (nSPS) is 10.7. The Kier molecular flexibility index (Phi) is 3.62. The van der Waals surface area contributed by atoms with Crippen LogP contribution in [0.4, 0.5) is 0 Å². The quantitative estimate of drug-likeness (QED) is 0.546. The lowest BCUT2D eigenvalue weighted by Gasteiger charge is -2.03. The molecule has 0 aliphatic rings. The van der Waals surface area contributed by atoms with E-state index in [2.05, 4.69) is 13.2 Å². The van der Waals surface area contributed by atoms with E-state index in [0.717, 1.165) is 11.1 Å². The van der Waals surface area contributed by atoms with Crippen molar-refractivity contribution in [1.82, 2.24) is 0 Å². The molecule has 0 amide bonds. The van der Waals surface area contributed by atoms with Gasteiger partial charge >= 0.3 is 0 Å². The van der Waals surface area contributed by atoms with Crippen LogP contribution in [0.15, 0.2) is 67.3 Å². The Balaban J connectivity index is 3.01. The molecule has 1 rings (SSSR count). The first-order valence-corrected chi connectivity index (χ1v) is 4.39. The molecular weight excluding hydrogens is 170 g/mol. The molecule has 14 heavy (non-hydrogen) atoms. The Morgan fingerprint density at radius 1 is 1.14 bits per heavy atom. The fraction of sp³-hybridized carbons (Fsp3) is 0. The van der Waals surface area contributed by atoms with Crippen LogP contribution in [0.2, 0.25) is 0 Å². The smallest absolute Gasteiger partial charge is 0.0684 e. The fourth-order valence-electron chi connectivity index (χ4n) is 1.15. The molecule has 0 atom stereocenters. The minimum absolute atomic E-state index is 0.473. The van der Waals surface area contributed by atoms with Crippen molar-refractivity contribution < 1.29 is 0 Å². The number of hydrogen-bond donors (Lipinski definition) is 1. The van der Waals surface area contributed by atoms with Crippen molar-refractivity contribution >= 4 is 5.71 Å². The highest BCUT2D eigenvalue weighted by Crippen LogP contribution is 2.08. The summed E-state index contributed by atoms with van der Waals surface area (Å²) in [5.41, 5.74) is 2.15. The van der Waals surface area contributed by atoms with E-state index in [1.807, 2.05) is 30.3 Å². The van der Waals surface area contributed by atoms with Gasteiger partial charge in [0.15, 0.2) is 0 Å². The lowest BCUT2D eigenvalue weighted by molar-refractivity contribution is 1.47. The van der Waals surface area contributed by atoms with Gasteiger partial charge < -0.3 is 0 Å². The standard InChI is InChI=1S/C13H13N/c1-3-8-11(4-2)13(14)12-9-6-5-7-10-12/h3-10,14H,1-2H2/b11-8+,14-13?. The lowest BCUT2D eigenvalue weighted by atomic mass is 10.0. The molecule has 0 spiro atoms. The first-order chi connectivity index (χ1) is 6.79. The third-order valence-electron chi connectivity index (χ3n) is 1.87. The maximum absolute atomic E-state index is 7.90. The second-order valence-corrected chi connectivity index (χ2v) is 2.80. The lowest BCUT2D eigenvalue weighted by Crippen LogP contribution is -2.00. The average molecular weight is 183 g/mol. The molecular formula is C13H13N. The highest BCUT2D eigenvalue weighted by molar-refractivity contribution is 6.12. The molecule has 0 aliphatic carbocycles. The molecule has 0 saturated carbocycles. The van der Waals surface area contributed by atoms with Crippen molar-refractivity contribution in [2.75, 3.05) is 0 Å². The Labute approximate surface area is 84.6 Å². The van der Waals surface area contributed by atoms with Crippen LogP contribution >= 0.6 is 0 Å². The molecule has 1 aromatic rings. The predicted molar refractivity (Wildman–Crippen MR) is 61.7 cm³/mol. The van der Waals surface area contributed by atoms with E-state index in [0.29, 0.717) is 5.71 Å². The molecule has 0 aliphatic heterocycles. The molecule has 1 aromatic carbocycles. The van der Waals surface area contributed by atoms with E-state index >= 15 is 0 Å². The van der Waals surface area contributed by atoms with E-state index in [1.54, 1.807) is 18.2 Å². The van der Waals surface area contributed by atoms with Gasteiger partial charge in [0.1, 0.15) is 0 Å². The summed E-state index contributed by atoms with van der Waals surface area (Å²) < 4.78 is 0. The zero-order chi connectivity index (χ0) is 10.4. The summed E-state index contributed by atoms with van der Waals surface area (Å²) in [5.74, 6) is 0. The Morgan fingerprint density at radius 3 is 2.29 bits per heavy atom. The van der Waals surface area contributed by atoms with Crippen LogP contribution in [0, 0.1) is 5.41 Å². The van der Waals surface area contributed by atoms with Crippen LogP contribution in [0.3, 0.4) is 0 Å². The van der Waals surface area contributed by atoms with E-state index in [9.17, 15) is 0 Å². The highest BCUT2D eigenvalue weighted by Gasteiger charge is 2.02. The monoisotopic (exact) mass is 183 g/mol. The summed E-state index contributed by atoms with van der Waals surface area (Å²) in [6.07, 6.45) is 5.11. The van der Waals surface area contributed by atoms with Crippen molar-refractivity contribution in [3.8, 4) is 0 Å². The molecule has 0 unspecified atom stereocenters. The Bertz CT molecular complexity index is 371. The van der Waals surface area contributed by atoms with Gasteiger partial charge in [0, 0.05) is 0 Å². The first-order valence-electron chi connectivity index (χ1n) is 4.39. The highest BCUT2D eigenvalue weighted by atomic mass is 14.4. The van der Waals surface area contributed by atoms with Gasteiger partial charge in [-0.1, -0.05) is 61.7 Å².